The molecule has 0 fully saturated rings. The molecular weight excluding hydrogens is 168 g/mol. The fourth-order valence-corrected chi connectivity index (χ4v) is 1.64. The van der Waals surface area contributed by atoms with Crippen LogP contribution in [0.15, 0.2) is 29.5 Å². The summed E-state index contributed by atoms with van der Waals surface area (Å²) in [5, 5.41) is 13.8. The van der Waals surface area contributed by atoms with Crippen molar-refractivity contribution in [1.29, 1.82) is 0 Å². The Labute approximate surface area is 77.4 Å². The first-order valence-corrected chi connectivity index (χ1v) is 4.95. The Hall–Kier alpha value is -0.600. The van der Waals surface area contributed by atoms with Gasteiger partial charge in [-0.25, -0.2) is 0 Å². The maximum absolute atomic E-state index is 9.61. The van der Waals surface area contributed by atoms with Gasteiger partial charge in [0.1, 0.15) is 0 Å². The molecule has 1 aromatic rings. The van der Waals surface area contributed by atoms with E-state index in [-0.39, 0.29) is 0 Å². The second-order valence-electron chi connectivity index (χ2n) is 3.19. The predicted molar refractivity (Wildman–Crippen MR) is 53.5 cm³/mol. The van der Waals surface area contributed by atoms with Crippen molar-refractivity contribution >= 4 is 11.3 Å². The number of rotatable bonds is 4. The summed E-state index contributed by atoms with van der Waals surface area (Å²) in [4.78, 5) is 0. The lowest BCUT2D eigenvalue weighted by Gasteiger charge is -2.17. The molecular formula is C10H14OS. The minimum absolute atomic E-state index is 0.720. The standard InChI is InChI=1S/C10H14OS/c1-3-10(2,11)6-4-9-5-7-12-8-9/h3,5,7-8,11H,1,4,6H2,2H3. The smallest absolute Gasteiger partial charge is 0.0800 e. The lowest BCUT2D eigenvalue weighted by molar-refractivity contribution is 0.103. The number of aliphatic hydroxyl groups is 1. The molecule has 0 aliphatic carbocycles. The summed E-state index contributed by atoms with van der Waals surface area (Å²) in [6, 6.07) is 2.09. The zero-order valence-electron chi connectivity index (χ0n) is 7.29. The highest BCUT2D eigenvalue weighted by molar-refractivity contribution is 7.07. The predicted octanol–water partition coefficient (Wildman–Crippen LogP) is 2.62. The highest BCUT2D eigenvalue weighted by atomic mass is 32.1. The van der Waals surface area contributed by atoms with Gasteiger partial charge in [0.15, 0.2) is 0 Å². The number of hydrogen-bond acceptors (Lipinski definition) is 2. The van der Waals surface area contributed by atoms with Crippen molar-refractivity contribution in [3.8, 4) is 0 Å². The van der Waals surface area contributed by atoms with Crippen molar-refractivity contribution in [3.63, 3.8) is 0 Å². The van der Waals surface area contributed by atoms with Gasteiger partial charge in [0.25, 0.3) is 0 Å². The quantitative estimate of drug-likeness (QED) is 0.710. The Morgan fingerprint density at radius 1 is 1.75 bits per heavy atom. The van der Waals surface area contributed by atoms with Gasteiger partial charge in [-0.2, -0.15) is 11.3 Å². The molecule has 0 spiro atoms. The van der Waals surface area contributed by atoms with Crippen molar-refractivity contribution < 1.29 is 5.11 Å². The number of aryl methyl sites for hydroxylation is 1. The van der Waals surface area contributed by atoms with Crippen LogP contribution in [0.1, 0.15) is 18.9 Å². The van der Waals surface area contributed by atoms with Gasteiger partial charge in [-0.3, -0.25) is 0 Å². The van der Waals surface area contributed by atoms with Gasteiger partial charge in [-0.1, -0.05) is 6.08 Å². The molecule has 12 heavy (non-hydrogen) atoms. The fraction of sp³-hybridized carbons (Fsp3) is 0.400. The first kappa shape index (κ1) is 9.49. The molecule has 0 saturated carbocycles. The molecule has 1 atom stereocenters. The molecule has 1 heterocycles. The van der Waals surface area contributed by atoms with E-state index in [1.807, 2.05) is 0 Å². The van der Waals surface area contributed by atoms with Crippen LogP contribution in [0.3, 0.4) is 0 Å². The minimum atomic E-state index is -0.720. The molecule has 1 rings (SSSR count). The maximum atomic E-state index is 9.61. The third kappa shape index (κ3) is 2.80. The Kier molecular flexibility index (Phi) is 3.06. The Morgan fingerprint density at radius 2 is 2.50 bits per heavy atom. The van der Waals surface area contributed by atoms with Crippen molar-refractivity contribution in [1.82, 2.24) is 0 Å². The molecule has 0 radical (unpaired) electrons. The first-order chi connectivity index (χ1) is 5.64. The summed E-state index contributed by atoms with van der Waals surface area (Å²) in [6.45, 7) is 5.37. The van der Waals surface area contributed by atoms with Crippen molar-refractivity contribution in [3.05, 3.63) is 35.0 Å². The van der Waals surface area contributed by atoms with Crippen LogP contribution in [-0.4, -0.2) is 10.7 Å². The monoisotopic (exact) mass is 182 g/mol. The van der Waals surface area contributed by atoms with E-state index in [4.69, 9.17) is 0 Å². The van der Waals surface area contributed by atoms with E-state index >= 15 is 0 Å². The van der Waals surface area contributed by atoms with Crippen molar-refractivity contribution in [2.75, 3.05) is 0 Å². The molecule has 2 heteroatoms. The van der Waals surface area contributed by atoms with Gasteiger partial charge in [-0.05, 0) is 42.2 Å². The summed E-state index contributed by atoms with van der Waals surface area (Å²) < 4.78 is 0. The summed E-state index contributed by atoms with van der Waals surface area (Å²) >= 11 is 1.69. The lowest BCUT2D eigenvalue weighted by Crippen LogP contribution is -2.20. The molecule has 0 bridgehead atoms. The Bertz CT molecular complexity index is 236. The van der Waals surface area contributed by atoms with E-state index in [0.717, 1.165) is 12.8 Å². The molecule has 66 valence electrons. The molecule has 0 aromatic carbocycles. The highest BCUT2D eigenvalue weighted by Crippen LogP contribution is 2.16. The Morgan fingerprint density at radius 3 is 3.00 bits per heavy atom. The molecule has 0 aliphatic heterocycles. The van der Waals surface area contributed by atoms with Crippen LogP contribution in [0, 0.1) is 0 Å². The summed E-state index contributed by atoms with van der Waals surface area (Å²) in [6.07, 6.45) is 3.26. The normalized spacial score (nSPS) is 15.5. The van der Waals surface area contributed by atoms with Crippen molar-refractivity contribution in [2.45, 2.75) is 25.4 Å². The second kappa shape index (κ2) is 3.87. The summed E-state index contributed by atoms with van der Waals surface area (Å²) in [5.41, 5.74) is 0.573. The van der Waals surface area contributed by atoms with E-state index in [0.29, 0.717) is 0 Å². The van der Waals surface area contributed by atoms with Gasteiger partial charge in [0.2, 0.25) is 0 Å². The summed E-state index contributed by atoms with van der Waals surface area (Å²) in [7, 11) is 0. The van der Waals surface area contributed by atoms with E-state index in [2.05, 4.69) is 23.4 Å². The van der Waals surface area contributed by atoms with Crippen LogP contribution in [0.5, 0.6) is 0 Å². The minimum Gasteiger partial charge on any atom is -0.386 e. The zero-order chi connectivity index (χ0) is 9.03. The van der Waals surface area contributed by atoms with E-state index in [1.165, 1.54) is 5.56 Å². The van der Waals surface area contributed by atoms with Gasteiger partial charge >= 0.3 is 0 Å². The SMILES string of the molecule is C=CC(C)(O)CCc1ccsc1. The zero-order valence-corrected chi connectivity index (χ0v) is 8.10. The highest BCUT2D eigenvalue weighted by Gasteiger charge is 2.14. The lowest BCUT2D eigenvalue weighted by atomic mass is 9.98. The maximum Gasteiger partial charge on any atom is 0.0800 e. The third-order valence-corrected chi connectivity index (χ3v) is 2.67. The van der Waals surface area contributed by atoms with E-state index in [1.54, 1.807) is 24.3 Å². The largest absolute Gasteiger partial charge is 0.386 e. The van der Waals surface area contributed by atoms with E-state index in [9.17, 15) is 5.11 Å². The topological polar surface area (TPSA) is 20.2 Å². The fourth-order valence-electron chi connectivity index (χ4n) is 0.934. The molecule has 1 N–H and O–H groups in total. The number of thiophene rings is 1. The molecule has 0 amide bonds. The Balaban J connectivity index is 2.41. The number of hydrogen-bond donors (Lipinski definition) is 1. The second-order valence-corrected chi connectivity index (χ2v) is 3.97. The van der Waals surface area contributed by atoms with Crippen LogP contribution in [0.25, 0.3) is 0 Å². The van der Waals surface area contributed by atoms with Gasteiger partial charge in [0, 0.05) is 0 Å². The molecule has 1 aromatic heterocycles. The third-order valence-electron chi connectivity index (χ3n) is 1.94. The van der Waals surface area contributed by atoms with Gasteiger partial charge in [-0.15, -0.1) is 6.58 Å². The molecule has 0 aliphatic rings. The van der Waals surface area contributed by atoms with Crippen LogP contribution in [0.2, 0.25) is 0 Å². The van der Waals surface area contributed by atoms with E-state index < -0.39 is 5.60 Å². The van der Waals surface area contributed by atoms with Gasteiger partial charge in [0.05, 0.1) is 5.60 Å². The molecule has 0 saturated heterocycles. The van der Waals surface area contributed by atoms with Crippen LogP contribution < -0.4 is 0 Å². The molecule has 1 nitrogen and oxygen atoms in total. The average molecular weight is 182 g/mol. The first-order valence-electron chi connectivity index (χ1n) is 4.01. The summed E-state index contributed by atoms with van der Waals surface area (Å²) in [5.74, 6) is 0. The van der Waals surface area contributed by atoms with Crippen molar-refractivity contribution in [2.24, 2.45) is 0 Å². The van der Waals surface area contributed by atoms with Gasteiger partial charge < -0.3 is 5.11 Å². The van der Waals surface area contributed by atoms with Crippen LogP contribution in [-0.2, 0) is 6.42 Å². The molecule has 1 unspecified atom stereocenters. The average Bonchev–Trinajstić information content (AvgIpc) is 2.53. The van der Waals surface area contributed by atoms with Crippen LogP contribution in [0.4, 0.5) is 0 Å². The van der Waals surface area contributed by atoms with Crippen LogP contribution >= 0.6 is 11.3 Å².